The summed E-state index contributed by atoms with van der Waals surface area (Å²) in [5.74, 6) is -0.0998. The number of ether oxygens (including phenoxy) is 3. The van der Waals surface area contributed by atoms with E-state index >= 15 is 0 Å². The standard InChI is InChI=1S/C19H18ClN3O3/c20-18-4-2-1-3-15(18)11-24-17-7-5-16(6-8-17)19(25-9-10-26-19)12-23-14-21-13-22-23/h1-8,13-14H,9-12H2. The lowest BCUT2D eigenvalue weighted by Crippen LogP contribution is -2.33. The molecule has 3 aromatic rings. The summed E-state index contributed by atoms with van der Waals surface area (Å²) in [7, 11) is 0. The third kappa shape index (κ3) is 3.58. The van der Waals surface area contributed by atoms with Gasteiger partial charge in [0.05, 0.1) is 13.2 Å². The van der Waals surface area contributed by atoms with Gasteiger partial charge in [-0.25, -0.2) is 9.67 Å². The average molecular weight is 372 g/mol. The number of halogens is 1. The van der Waals surface area contributed by atoms with E-state index in [4.69, 9.17) is 25.8 Å². The summed E-state index contributed by atoms with van der Waals surface area (Å²) in [6.45, 7) is 1.93. The molecule has 1 fully saturated rings. The van der Waals surface area contributed by atoms with E-state index < -0.39 is 5.79 Å². The Labute approximate surface area is 156 Å². The van der Waals surface area contributed by atoms with Crippen LogP contribution < -0.4 is 4.74 Å². The predicted molar refractivity (Wildman–Crippen MR) is 95.8 cm³/mol. The normalized spacial score (nSPS) is 15.9. The molecule has 1 aliphatic rings. The Morgan fingerprint density at radius 3 is 2.54 bits per heavy atom. The molecule has 0 amide bonds. The Bertz CT molecular complexity index is 847. The van der Waals surface area contributed by atoms with Crippen molar-refractivity contribution >= 4 is 11.6 Å². The lowest BCUT2D eigenvalue weighted by molar-refractivity contribution is -0.177. The Morgan fingerprint density at radius 2 is 1.85 bits per heavy atom. The topological polar surface area (TPSA) is 58.4 Å². The minimum absolute atomic E-state index is 0.413. The first-order chi connectivity index (χ1) is 12.8. The minimum atomic E-state index is -0.852. The van der Waals surface area contributed by atoms with Crippen LogP contribution in [0.5, 0.6) is 5.75 Å². The lowest BCUT2D eigenvalue weighted by Gasteiger charge is -2.27. The number of hydrogen-bond acceptors (Lipinski definition) is 5. The maximum atomic E-state index is 6.16. The van der Waals surface area contributed by atoms with Crippen molar-refractivity contribution in [3.8, 4) is 5.75 Å². The summed E-state index contributed by atoms with van der Waals surface area (Å²) in [5.41, 5.74) is 1.86. The fourth-order valence-electron chi connectivity index (χ4n) is 2.91. The SMILES string of the molecule is Clc1ccccc1COc1ccc(C2(Cn3cncn3)OCCO2)cc1. The van der Waals surface area contributed by atoms with Crippen molar-refractivity contribution in [2.24, 2.45) is 0 Å². The fourth-order valence-corrected chi connectivity index (χ4v) is 3.10. The highest BCUT2D eigenvalue weighted by molar-refractivity contribution is 6.31. The van der Waals surface area contributed by atoms with Crippen LogP contribution in [0.3, 0.4) is 0 Å². The molecule has 0 N–H and O–H groups in total. The maximum absolute atomic E-state index is 6.16. The summed E-state index contributed by atoms with van der Waals surface area (Å²) < 4.78 is 19.4. The van der Waals surface area contributed by atoms with Gasteiger partial charge in [-0.05, 0) is 30.3 Å². The van der Waals surface area contributed by atoms with Crippen LogP contribution in [0.25, 0.3) is 0 Å². The number of nitrogens with zero attached hydrogens (tertiary/aromatic N) is 3. The van der Waals surface area contributed by atoms with Gasteiger partial charge in [-0.15, -0.1) is 0 Å². The molecular weight excluding hydrogens is 354 g/mol. The first-order valence-electron chi connectivity index (χ1n) is 8.32. The molecule has 0 radical (unpaired) electrons. The highest BCUT2D eigenvalue weighted by Crippen LogP contribution is 2.34. The highest BCUT2D eigenvalue weighted by Gasteiger charge is 2.39. The molecule has 0 saturated carbocycles. The van der Waals surface area contributed by atoms with Crippen LogP contribution >= 0.6 is 11.6 Å². The third-order valence-corrected chi connectivity index (χ3v) is 4.61. The molecular formula is C19H18ClN3O3. The molecule has 1 aliphatic heterocycles. The van der Waals surface area contributed by atoms with E-state index in [-0.39, 0.29) is 0 Å². The number of aromatic nitrogens is 3. The van der Waals surface area contributed by atoms with Gasteiger partial charge in [0.25, 0.3) is 0 Å². The number of rotatable bonds is 6. The highest BCUT2D eigenvalue weighted by atomic mass is 35.5. The first-order valence-corrected chi connectivity index (χ1v) is 8.70. The molecule has 1 saturated heterocycles. The molecule has 2 heterocycles. The van der Waals surface area contributed by atoms with Gasteiger partial charge in [-0.3, -0.25) is 0 Å². The van der Waals surface area contributed by atoms with E-state index in [1.54, 1.807) is 11.0 Å². The molecule has 0 aliphatic carbocycles. The van der Waals surface area contributed by atoms with Gasteiger partial charge in [0, 0.05) is 16.1 Å². The molecule has 4 rings (SSSR count). The second kappa shape index (κ2) is 7.45. The van der Waals surface area contributed by atoms with Crippen molar-refractivity contribution in [1.82, 2.24) is 14.8 Å². The van der Waals surface area contributed by atoms with Gasteiger partial charge in [0.15, 0.2) is 0 Å². The number of benzene rings is 2. The van der Waals surface area contributed by atoms with Crippen molar-refractivity contribution in [1.29, 1.82) is 0 Å². The molecule has 1 aromatic heterocycles. The molecule has 26 heavy (non-hydrogen) atoms. The van der Waals surface area contributed by atoms with Crippen LogP contribution in [0.4, 0.5) is 0 Å². The summed E-state index contributed by atoms with van der Waals surface area (Å²) in [4.78, 5) is 3.97. The molecule has 0 unspecified atom stereocenters. The zero-order valence-corrected chi connectivity index (χ0v) is 14.8. The molecule has 0 spiro atoms. The summed E-state index contributed by atoms with van der Waals surface area (Å²) in [6.07, 6.45) is 3.14. The van der Waals surface area contributed by atoms with Crippen molar-refractivity contribution in [2.45, 2.75) is 18.9 Å². The van der Waals surface area contributed by atoms with Crippen molar-refractivity contribution in [2.75, 3.05) is 13.2 Å². The van der Waals surface area contributed by atoms with Gasteiger partial charge < -0.3 is 14.2 Å². The second-order valence-electron chi connectivity index (χ2n) is 5.95. The van der Waals surface area contributed by atoms with Crippen LogP contribution in [-0.4, -0.2) is 28.0 Å². The average Bonchev–Trinajstić information content (AvgIpc) is 3.35. The van der Waals surface area contributed by atoms with E-state index in [0.29, 0.717) is 31.4 Å². The predicted octanol–water partition coefficient (Wildman–Crippen LogP) is 3.41. The summed E-state index contributed by atoms with van der Waals surface area (Å²) in [6, 6.07) is 15.3. The smallest absolute Gasteiger partial charge is 0.215 e. The minimum Gasteiger partial charge on any atom is -0.489 e. The van der Waals surface area contributed by atoms with E-state index in [9.17, 15) is 0 Å². The van der Waals surface area contributed by atoms with Gasteiger partial charge >= 0.3 is 0 Å². The summed E-state index contributed by atoms with van der Waals surface area (Å²) >= 11 is 6.16. The van der Waals surface area contributed by atoms with Gasteiger partial charge in [0.1, 0.15) is 31.6 Å². The zero-order valence-electron chi connectivity index (χ0n) is 14.0. The van der Waals surface area contributed by atoms with E-state index in [2.05, 4.69) is 10.1 Å². The fraction of sp³-hybridized carbons (Fsp3) is 0.263. The van der Waals surface area contributed by atoms with Crippen LogP contribution in [0.2, 0.25) is 5.02 Å². The molecule has 134 valence electrons. The van der Waals surface area contributed by atoms with E-state index in [1.165, 1.54) is 6.33 Å². The Morgan fingerprint density at radius 1 is 1.08 bits per heavy atom. The van der Waals surface area contributed by atoms with E-state index in [1.807, 2.05) is 48.5 Å². The van der Waals surface area contributed by atoms with Gasteiger partial charge in [-0.1, -0.05) is 29.8 Å². The van der Waals surface area contributed by atoms with Gasteiger partial charge in [0.2, 0.25) is 5.79 Å². The molecule has 2 aromatic carbocycles. The van der Waals surface area contributed by atoms with Crippen LogP contribution in [0.15, 0.2) is 61.2 Å². The Balaban J connectivity index is 1.48. The van der Waals surface area contributed by atoms with Crippen molar-refractivity contribution in [3.05, 3.63) is 77.3 Å². The second-order valence-corrected chi connectivity index (χ2v) is 6.35. The lowest BCUT2D eigenvalue weighted by atomic mass is 10.1. The van der Waals surface area contributed by atoms with Crippen molar-refractivity contribution in [3.63, 3.8) is 0 Å². The maximum Gasteiger partial charge on any atom is 0.215 e. The van der Waals surface area contributed by atoms with Crippen molar-refractivity contribution < 1.29 is 14.2 Å². The van der Waals surface area contributed by atoms with Crippen LogP contribution in [-0.2, 0) is 28.4 Å². The molecule has 0 bridgehead atoms. The molecule has 6 nitrogen and oxygen atoms in total. The van der Waals surface area contributed by atoms with Crippen LogP contribution in [0, 0.1) is 0 Å². The monoisotopic (exact) mass is 371 g/mol. The van der Waals surface area contributed by atoms with Gasteiger partial charge in [-0.2, -0.15) is 5.10 Å². The Kier molecular flexibility index (Phi) is 4.88. The first kappa shape index (κ1) is 17.0. The quantitative estimate of drug-likeness (QED) is 0.664. The Hall–Kier alpha value is -2.41. The molecule has 0 atom stereocenters. The molecule has 7 heteroatoms. The zero-order chi connectivity index (χ0) is 17.8. The van der Waals surface area contributed by atoms with Crippen LogP contribution in [0.1, 0.15) is 11.1 Å². The third-order valence-electron chi connectivity index (χ3n) is 4.24. The number of hydrogen-bond donors (Lipinski definition) is 0. The summed E-state index contributed by atoms with van der Waals surface area (Å²) in [5, 5.41) is 4.85. The van der Waals surface area contributed by atoms with E-state index in [0.717, 1.165) is 16.9 Å². The largest absolute Gasteiger partial charge is 0.489 e.